The quantitative estimate of drug-likeness (QED) is 0.689. The van der Waals surface area contributed by atoms with Crippen LogP contribution < -0.4 is 5.32 Å². The van der Waals surface area contributed by atoms with Gasteiger partial charge in [0.15, 0.2) is 0 Å². The Balaban J connectivity index is 1.61. The van der Waals surface area contributed by atoms with Crippen molar-refractivity contribution in [1.29, 1.82) is 0 Å². The molecule has 1 aliphatic rings. The number of nitrogens with one attached hydrogen (secondary N) is 1. The van der Waals surface area contributed by atoms with Gasteiger partial charge in [0.1, 0.15) is 0 Å². The van der Waals surface area contributed by atoms with Crippen LogP contribution in [0.5, 0.6) is 0 Å². The van der Waals surface area contributed by atoms with E-state index in [9.17, 15) is 4.79 Å². The van der Waals surface area contributed by atoms with Gasteiger partial charge in [-0.05, 0) is 61.7 Å². The van der Waals surface area contributed by atoms with E-state index in [4.69, 9.17) is 34.8 Å². The monoisotopic (exact) mass is 410 g/mol. The molecular weight excluding hydrogens is 391 g/mol. The average molecular weight is 412 g/mol. The van der Waals surface area contributed by atoms with Crippen LogP contribution in [-0.4, -0.2) is 23.9 Å². The van der Waals surface area contributed by atoms with Crippen LogP contribution in [0, 0.1) is 12.8 Å². The molecule has 1 fully saturated rings. The van der Waals surface area contributed by atoms with E-state index in [0.29, 0.717) is 15.1 Å². The van der Waals surface area contributed by atoms with Crippen molar-refractivity contribution in [2.45, 2.75) is 26.3 Å². The first-order valence-corrected chi connectivity index (χ1v) is 9.79. The summed E-state index contributed by atoms with van der Waals surface area (Å²) in [5, 5.41) is 4.77. The second-order valence-corrected chi connectivity index (χ2v) is 8.00. The summed E-state index contributed by atoms with van der Waals surface area (Å²) in [7, 11) is 0. The van der Waals surface area contributed by atoms with Crippen LogP contribution in [0.2, 0.25) is 15.1 Å². The molecule has 1 amide bonds. The molecule has 0 bridgehead atoms. The summed E-state index contributed by atoms with van der Waals surface area (Å²) in [5.74, 6) is 0.00959. The van der Waals surface area contributed by atoms with Crippen LogP contribution in [0.4, 0.5) is 5.69 Å². The third kappa shape index (κ3) is 4.92. The summed E-state index contributed by atoms with van der Waals surface area (Å²) in [6.07, 6.45) is 1.89. The molecule has 2 aromatic carbocycles. The molecule has 6 heteroatoms. The number of anilines is 1. The Morgan fingerprint density at radius 2 is 1.92 bits per heavy atom. The zero-order valence-electron chi connectivity index (χ0n) is 14.6. The van der Waals surface area contributed by atoms with E-state index in [1.54, 1.807) is 6.07 Å². The average Bonchev–Trinajstić information content (AvgIpc) is 2.61. The zero-order chi connectivity index (χ0) is 18.7. The van der Waals surface area contributed by atoms with Crippen molar-refractivity contribution in [1.82, 2.24) is 4.90 Å². The van der Waals surface area contributed by atoms with E-state index in [1.165, 1.54) is 0 Å². The number of aryl methyl sites for hydroxylation is 1. The molecule has 1 atom stereocenters. The number of carbonyl (C=O) groups is 1. The van der Waals surface area contributed by atoms with E-state index in [1.807, 2.05) is 37.3 Å². The maximum atomic E-state index is 12.6. The van der Waals surface area contributed by atoms with Crippen molar-refractivity contribution in [3.05, 3.63) is 62.6 Å². The lowest BCUT2D eigenvalue weighted by Gasteiger charge is -2.32. The van der Waals surface area contributed by atoms with Gasteiger partial charge < -0.3 is 5.32 Å². The molecule has 1 unspecified atom stereocenters. The van der Waals surface area contributed by atoms with Gasteiger partial charge in [-0.15, -0.1) is 0 Å². The smallest absolute Gasteiger partial charge is 0.228 e. The Kier molecular flexibility index (Phi) is 6.46. The third-order valence-electron chi connectivity index (χ3n) is 4.71. The fourth-order valence-electron chi connectivity index (χ4n) is 3.22. The number of rotatable bonds is 4. The second-order valence-electron chi connectivity index (χ2n) is 6.78. The number of halogens is 3. The van der Waals surface area contributed by atoms with Crippen molar-refractivity contribution < 1.29 is 4.79 Å². The van der Waals surface area contributed by atoms with E-state index in [-0.39, 0.29) is 11.8 Å². The van der Waals surface area contributed by atoms with Gasteiger partial charge in [-0.3, -0.25) is 9.69 Å². The molecule has 0 aromatic heterocycles. The summed E-state index contributed by atoms with van der Waals surface area (Å²) in [4.78, 5) is 14.9. The summed E-state index contributed by atoms with van der Waals surface area (Å²) >= 11 is 18.2. The van der Waals surface area contributed by atoms with Crippen LogP contribution in [0.1, 0.15) is 24.0 Å². The molecule has 0 saturated carbocycles. The maximum absolute atomic E-state index is 12.6. The van der Waals surface area contributed by atoms with Crippen molar-refractivity contribution in [2.24, 2.45) is 5.92 Å². The van der Waals surface area contributed by atoms with Gasteiger partial charge in [0.2, 0.25) is 5.91 Å². The Hall–Kier alpha value is -1.26. The Bertz CT molecular complexity index is 810. The molecule has 138 valence electrons. The number of benzene rings is 2. The fraction of sp³-hybridized carbons (Fsp3) is 0.350. The molecule has 1 heterocycles. The number of hydrogen-bond donors (Lipinski definition) is 1. The van der Waals surface area contributed by atoms with Crippen LogP contribution in [-0.2, 0) is 11.3 Å². The Morgan fingerprint density at radius 1 is 1.12 bits per heavy atom. The lowest BCUT2D eigenvalue weighted by atomic mass is 9.96. The molecule has 0 aliphatic carbocycles. The van der Waals surface area contributed by atoms with Gasteiger partial charge in [-0.25, -0.2) is 0 Å². The van der Waals surface area contributed by atoms with E-state index >= 15 is 0 Å². The fourth-order valence-corrected chi connectivity index (χ4v) is 3.73. The topological polar surface area (TPSA) is 32.3 Å². The molecule has 26 heavy (non-hydrogen) atoms. The number of piperidine rings is 1. The highest BCUT2D eigenvalue weighted by Gasteiger charge is 2.26. The maximum Gasteiger partial charge on any atom is 0.228 e. The van der Waals surface area contributed by atoms with Gasteiger partial charge in [0.05, 0.1) is 16.0 Å². The molecule has 1 aliphatic heterocycles. The highest BCUT2D eigenvalue weighted by Crippen LogP contribution is 2.26. The minimum Gasteiger partial charge on any atom is -0.326 e. The predicted octanol–water partition coefficient (Wildman–Crippen LogP) is 5.81. The largest absolute Gasteiger partial charge is 0.326 e. The minimum atomic E-state index is -0.0356. The van der Waals surface area contributed by atoms with Gasteiger partial charge >= 0.3 is 0 Å². The van der Waals surface area contributed by atoms with Crippen LogP contribution in [0.3, 0.4) is 0 Å². The molecule has 2 aromatic rings. The van der Waals surface area contributed by atoms with Crippen LogP contribution in [0.15, 0.2) is 36.4 Å². The Morgan fingerprint density at radius 3 is 2.65 bits per heavy atom. The van der Waals surface area contributed by atoms with Crippen LogP contribution in [0.25, 0.3) is 0 Å². The van der Waals surface area contributed by atoms with Crippen molar-refractivity contribution in [3.63, 3.8) is 0 Å². The number of carbonyl (C=O) groups excluding carboxylic acids is 1. The van der Waals surface area contributed by atoms with Crippen molar-refractivity contribution in [3.8, 4) is 0 Å². The lowest BCUT2D eigenvalue weighted by Crippen LogP contribution is -2.40. The minimum absolute atomic E-state index is 0.0356. The first-order valence-electron chi connectivity index (χ1n) is 8.65. The number of nitrogens with zero attached hydrogens (tertiary/aromatic N) is 1. The summed E-state index contributed by atoms with van der Waals surface area (Å²) in [6.45, 7) is 4.40. The van der Waals surface area contributed by atoms with Gasteiger partial charge in [0.25, 0.3) is 0 Å². The highest BCUT2D eigenvalue weighted by molar-refractivity contribution is 6.42. The molecular formula is C20H21Cl3N2O. The van der Waals surface area contributed by atoms with Gasteiger partial charge in [-0.2, -0.15) is 0 Å². The SMILES string of the molecule is Cc1ccc(NC(=O)C2CCCN(Cc3ccc(Cl)c(Cl)c3)C2)cc1Cl. The summed E-state index contributed by atoms with van der Waals surface area (Å²) in [5.41, 5.74) is 2.84. The number of amides is 1. The van der Waals surface area contributed by atoms with E-state index in [0.717, 1.165) is 49.3 Å². The van der Waals surface area contributed by atoms with Crippen molar-refractivity contribution >= 4 is 46.4 Å². The molecule has 3 nitrogen and oxygen atoms in total. The van der Waals surface area contributed by atoms with Crippen molar-refractivity contribution in [2.75, 3.05) is 18.4 Å². The summed E-state index contributed by atoms with van der Waals surface area (Å²) < 4.78 is 0. The summed E-state index contributed by atoms with van der Waals surface area (Å²) in [6, 6.07) is 11.3. The number of hydrogen-bond acceptors (Lipinski definition) is 2. The van der Waals surface area contributed by atoms with Gasteiger partial charge in [-0.1, -0.05) is 46.9 Å². The van der Waals surface area contributed by atoms with E-state index < -0.39 is 0 Å². The zero-order valence-corrected chi connectivity index (χ0v) is 16.8. The first kappa shape index (κ1) is 19.5. The van der Waals surface area contributed by atoms with Crippen LogP contribution >= 0.6 is 34.8 Å². The third-order valence-corrected chi connectivity index (χ3v) is 5.85. The highest BCUT2D eigenvalue weighted by atomic mass is 35.5. The number of likely N-dealkylation sites (tertiary alicyclic amines) is 1. The lowest BCUT2D eigenvalue weighted by molar-refractivity contribution is -0.121. The molecule has 0 radical (unpaired) electrons. The van der Waals surface area contributed by atoms with E-state index in [2.05, 4.69) is 10.2 Å². The first-order chi connectivity index (χ1) is 12.4. The predicted molar refractivity (Wildman–Crippen MR) is 109 cm³/mol. The Labute approximate surface area is 169 Å². The normalized spacial score (nSPS) is 17.9. The molecule has 0 spiro atoms. The molecule has 1 N–H and O–H groups in total. The van der Waals surface area contributed by atoms with Gasteiger partial charge in [0, 0.05) is 23.8 Å². The second kappa shape index (κ2) is 8.62. The standard InChI is InChI=1S/C20H21Cl3N2O/c1-13-4-6-16(10-18(13)22)24-20(26)15-3-2-8-25(12-15)11-14-5-7-17(21)19(23)9-14/h4-7,9-10,15H,2-3,8,11-12H2,1H3,(H,24,26). The molecule has 1 saturated heterocycles. The molecule has 3 rings (SSSR count).